The normalized spacial score (nSPS) is 18.6. The summed E-state index contributed by atoms with van der Waals surface area (Å²) in [7, 11) is 0. The third-order valence-electron chi connectivity index (χ3n) is 3.14. The van der Waals surface area contributed by atoms with Gasteiger partial charge in [0.05, 0.1) is 6.61 Å². The fraction of sp³-hybridized carbons (Fsp3) is 0.571. The van der Waals surface area contributed by atoms with Crippen LogP contribution in [-0.4, -0.2) is 44.2 Å². The molecule has 1 fully saturated rings. The molecule has 0 aliphatic carbocycles. The minimum absolute atomic E-state index is 0.285. The molecule has 1 aromatic rings. The lowest BCUT2D eigenvalue weighted by Crippen LogP contribution is -2.45. The van der Waals surface area contributed by atoms with Gasteiger partial charge in [-0.05, 0) is 12.1 Å². The van der Waals surface area contributed by atoms with Gasteiger partial charge in [-0.25, -0.2) is 4.39 Å². The lowest BCUT2D eigenvalue weighted by molar-refractivity contribution is 0.169. The van der Waals surface area contributed by atoms with E-state index in [1.165, 1.54) is 6.07 Å². The molecule has 4 heteroatoms. The molecule has 0 saturated carbocycles. The van der Waals surface area contributed by atoms with E-state index in [-0.39, 0.29) is 5.82 Å². The average molecular weight is 252 g/mol. The number of para-hydroxylation sites is 1. The molecule has 1 aliphatic heterocycles. The maximum absolute atomic E-state index is 13.4. The number of benzene rings is 1. The van der Waals surface area contributed by atoms with Crippen LogP contribution in [0.25, 0.3) is 0 Å². The average Bonchev–Trinajstić information content (AvgIpc) is 2.39. The van der Waals surface area contributed by atoms with Gasteiger partial charge in [-0.3, -0.25) is 0 Å². The summed E-state index contributed by atoms with van der Waals surface area (Å²) in [4.78, 5) is 2.42. The molecule has 1 heterocycles. The van der Waals surface area contributed by atoms with Crippen molar-refractivity contribution in [2.45, 2.75) is 6.92 Å². The molecule has 3 nitrogen and oxygen atoms in total. The Morgan fingerprint density at radius 1 is 1.33 bits per heavy atom. The van der Waals surface area contributed by atoms with Crippen LogP contribution >= 0.6 is 0 Å². The van der Waals surface area contributed by atoms with Crippen LogP contribution in [0.3, 0.4) is 0 Å². The molecule has 0 spiro atoms. The molecule has 0 bridgehead atoms. The van der Waals surface area contributed by atoms with Gasteiger partial charge in [0.2, 0.25) is 0 Å². The van der Waals surface area contributed by atoms with Gasteiger partial charge in [-0.15, -0.1) is 0 Å². The second-order valence-electron chi connectivity index (χ2n) is 4.90. The summed E-state index contributed by atoms with van der Waals surface area (Å²) in [5.41, 5.74) is 0. The van der Waals surface area contributed by atoms with Crippen molar-refractivity contribution in [3.8, 4) is 5.75 Å². The van der Waals surface area contributed by atoms with E-state index >= 15 is 0 Å². The SMILES string of the molecule is CC(COc1ccccc1F)CN1CCNCC1. The van der Waals surface area contributed by atoms with E-state index in [4.69, 9.17) is 4.74 Å². The van der Waals surface area contributed by atoms with Crippen molar-refractivity contribution >= 4 is 0 Å². The fourth-order valence-corrected chi connectivity index (χ4v) is 2.18. The maximum Gasteiger partial charge on any atom is 0.165 e. The summed E-state index contributed by atoms with van der Waals surface area (Å²) in [5, 5.41) is 3.33. The highest BCUT2D eigenvalue weighted by Gasteiger charge is 2.14. The molecule has 1 aliphatic rings. The number of nitrogens with one attached hydrogen (secondary N) is 1. The van der Waals surface area contributed by atoms with Gasteiger partial charge in [0.15, 0.2) is 11.6 Å². The predicted octanol–water partition coefficient (Wildman–Crippen LogP) is 1.75. The van der Waals surface area contributed by atoms with E-state index < -0.39 is 0 Å². The minimum Gasteiger partial charge on any atom is -0.490 e. The van der Waals surface area contributed by atoms with Gasteiger partial charge in [-0.2, -0.15) is 0 Å². The van der Waals surface area contributed by atoms with Gasteiger partial charge in [-0.1, -0.05) is 19.1 Å². The molecular weight excluding hydrogens is 231 g/mol. The van der Waals surface area contributed by atoms with Crippen molar-refractivity contribution in [3.05, 3.63) is 30.1 Å². The number of halogens is 1. The van der Waals surface area contributed by atoms with Crippen LogP contribution < -0.4 is 10.1 Å². The molecule has 1 saturated heterocycles. The molecule has 1 atom stereocenters. The molecule has 100 valence electrons. The second-order valence-corrected chi connectivity index (χ2v) is 4.90. The van der Waals surface area contributed by atoms with Crippen molar-refractivity contribution in [2.24, 2.45) is 5.92 Å². The molecule has 1 N–H and O–H groups in total. The number of hydrogen-bond donors (Lipinski definition) is 1. The largest absolute Gasteiger partial charge is 0.490 e. The highest BCUT2D eigenvalue weighted by molar-refractivity contribution is 5.23. The van der Waals surface area contributed by atoms with Crippen LogP contribution in [0.4, 0.5) is 4.39 Å². The minimum atomic E-state index is -0.285. The van der Waals surface area contributed by atoms with Crippen LogP contribution in [-0.2, 0) is 0 Å². The van der Waals surface area contributed by atoms with Crippen LogP contribution in [0.5, 0.6) is 5.75 Å². The predicted molar refractivity (Wildman–Crippen MR) is 70.4 cm³/mol. The third-order valence-corrected chi connectivity index (χ3v) is 3.14. The highest BCUT2D eigenvalue weighted by Crippen LogP contribution is 2.16. The Bertz CT molecular complexity index is 367. The Morgan fingerprint density at radius 2 is 2.06 bits per heavy atom. The van der Waals surface area contributed by atoms with E-state index in [0.717, 1.165) is 32.7 Å². The highest BCUT2D eigenvalue weighted by atomic mass is 19.1. The first-order valence-electron chi connectivity index (χ1n) is 6.56. The monoisotopic (exact) mass is 252 g/mol. The maximum atomic E-state index is 13.4. The van der Waals surface area contributed by atoms with E-state index in [0.29, 0.717) is 18.3 Å². The van der Waals surface area contributed by atoms with Crippen LogP contribution in [0.1, 0.15) is 6.92 Å². The molecule has 0 aromatic heterocycles. The number of piperazine rings is 1. The van der Waals surface area contributed by atoms with Crippen LogP contribution in [0.15, 0.2) is 24.3 Å². The topological polar surface area (TPSA) is 24.5 Å². The Balaban J connectivity index is 1.74. The standard InChI is InChI=1S/C14H21FN2O/c1-12(10-17-8-6-16-7-9-17)11-18-14-5-3-2-4-13(14)15/h2-5,12,16H,6-11H2,1H3. The molecule has 18 heavy (non-hydrogen) atoms. The Kier molecular flexibility index (Phi) is 4.96. The van der Waals surface area contributed by atoms with Crippen molar-refractivity contribution in [3.63, 3.8) is 0 Å². The lowest BCUT2D eigenvalue weighted by Gasteiger charge is -2.29. The third kappa shape index (κ3) is 3.96. The molecule has 2 rings (SSSR count). The van der Waals surface area contributed by atoms with Crippen molar-refractivity contribution in [2.75, 3.05) is 39.3 Å². The zero-order valence-electron chi connectivity index (χ0n) is 10.9. The summed E-state index contributed by atoms with van der Waals surface area (Å²) in [5.74, 6) is 0.472. The fourth-order valence-electron chi connectivity index (χ4n) is 2.18. The summed E-state index contributed by atoms with van der Waals surface area (Å²) in [6, 6.07) is 6.56. The van der Waals surface area contributed by atoms with E-state index in [9.17, 15) is 4.39 Å². The molecule has 0 radical (unpaired) electrons. The Labute approximate surface area is 108 Å². The zero-order chi connectivity index (χ0) is 12.8. The summed E-state index contributed by atoms with van der Waals surface area (Å²) in [6.07, 6.45) is 0. The Morgan fingerprint density at radius 3 is 2.78 bits per heavy atom. The van der Waals surface area contributed by atoms with Gasteiger partial charge < -0.3 is 15.0 Å². The van der Waals surface area contributed by atoms with Gasteiger partial charge in [0.25, 0.3) is 0 Å². The smallest absolute Gasteiger partial charge is 0.165 e. The molecule has 1 aromatic carbocycles. The quantitative estimate of drug-likeness (QED) is 0.864. The summed E-state index contributed by atoms with van der Waals surface area (Å²) < 4.78 is 18.9. The first-order valence-corrected chi connectivity index (χ1v) is 6.56. The van der Waals surface area contributed by atoms with Gasteiger partial charge >= 0.3 is 0 Å². The van der Waals surface area contributed by atoms with Crippen LogP contribution in [0, 0.1) is 11.7 Å². The number of ether oxygens (including phenoxy) is 1. The first kappa shape index (κ1) is 13.3. The number of rotatable bonds is 5. The van der Waals surface area contributed by atoms with Crippen molar-refractivity contribution in [1.29, 1.82) is 0 Å². The van der Waals surface area contributed by atoms with Crippen molar-refractivity contribution in [1.82, 2.24) is 10.2 Å². The van der Waals surface area contributed by atoms with Crippen LogP contribution in [0.2, 0.25) is 0 Å². The molecule has 1 unspecified atom stereocenters. The molecule has 0 amide bonds. The van der Waals surface area contributed by atoms with E-state index in [2.05, 4.69) is 17.1 Å². The summed E-state index contributed by atoms with van der Waals surface area (Å²) >= 11 is 0. The van der Waals surface area contributed by atoms with E-state index in [1.807, 2.05) is 0 Å². The second kappa shape index (κ2) is 6.71. The molecular formula is C14H21FN2O. The first-order chi connectivity index (χ1) is 8.75. The van der Waals surface area contributed by atoms with Gasteiger partial charge in [0.1, 0.15) is 0 Å². The summed E-state index contributed by atoms with van der Waals surface area (Å²) in [6.45, 7) is 8.00. The zero-order valence-corrected chi connectivity index (χ0v) is 10.9. The Hall–Kier alpha value is -1.13. The van der Waals surface area contributed by atoms with E-state index in [1.54, 1.807) is 18.2 Å². The number of nitrogens with zero attached hydrogens (tertiary/aromatic N) is 1. The van der Waals surface area contributed by atoms with Gasteiger partial charge in [0, 0.05) is 38.6 Å². The lowest BCUT2D eigenvalue weighted by atomic mass is 10.1. The van der Waals surface area contributed by atoms with Crippen molar-refractivity contribution < 1.29 is 9.13 Å². The number of hydrogen-bond acceptors (Lipinski definition) is 3.